The van der Waals surface area contributed by atoms with E-state index in [1.54, 1.807) is 0 Å². The minimum Gasteiger partial charge on any atom is -0.324 e. The summed E-state index contributed by atoms with van der Waals surface area (Å²) in [6.45, 7) is 1.94. The molecular formula is C2H8NPS. The Morgan fingerprint density at radius 3 is 2.20 bits per heavy atom. The molecule has 2 unspecified atom stereocenters. The molecule has 32 valence electrons. The second-order valence-electron chi connectivity index (χ2n) is 0.918. The lowest BCUT2D eigenvalue weighted by atomic mass is 10.8. The second-order valence-corrected chi connectivity index (χ2v) is 2.86. The minimum atomic E-state index is 0.276. The molecule has 1 nitrogen and oxygen atoms in total. The molecule has 2 atom stereocenters. The van der Waals surface area contributed by atoms with Gasteiger partial charge in [0.25, 0.3) is 0 Å². The zero-order valence-corrected chi connectivity index (χ0v) is 5.00. The van der Waals surface area contributed by atoms with Crippen LogP contribution in [0.5, 0.6) is 0 Å². The van der Waals surface area contributed by atoms with Crippen molar-refractivity contribution < 1.29 is 0 Å². The first kappa shape index (κ1) is 5.74. The largest absolute Gasteiger partial charge is 0.324 e. The molecule has 0 aliphatic heterocycles. The van der Waals surface area contributed by atoms with E-state index in [2.05, 4.69) is 12.2 Å². The van der Waals surface area contributed by atoms with Crippen molar-refractivity contribution in [1.29, 1.82) is 0 Å². The molecule has 0 saturated carbocycles. The average molecular weight is 109 g/mol. The highest BCUT2D eigenvalue weighted by Gasteiger charge is 1.80. The van der Waals surface area contributed by atoms with E-state index in [1.807, 2.05) is 6.92 Å². The van der Waals surface area contributed by atoms with E-state index in [-0.39, 0.29) is 5.78 Å². The van der Waals surface area contributed by atoms with E-state index < -0.39 is 0 Å². The maximum absolute atomic E-state index is 5.23. The SMILES string of the molecule is CC(N)PS. The second kappa shape index (κ2) is 2.95. The van der Waals surface area contributed by atoms with Crippen LogP contribution in [0.2, 0.25) is 0 Å². The average Bonchev–Trinajstić information content (AvgIpc) is 1.38. The van der Waals surface area contributed by atoms with Gasteiger partial charge in [-0.3, -0.25) is 0 Å². The summed E-state index contributed by atoms with van der Waals surface area (Å²) in [5, 5.41) is 0. The zero-order valence-electron chi connectivity index (χ0n) is 3.10. The van der Waals surface area contributed by atoms with Crippen molar-refractivity contribution in [2.45, 2.75) is 12.7 Å². The Morgan fingerprint density at radius 1 is 2.00 bits per heavy atom. The predicted octanol–water partition coefficient (Wildman–Crippen LogP) is 0.814. The first-order chi connectivity index (χ1) is 2.27. The van der Waals surface area contributed by atoms with Gasteiger partial charge in [0, 0.05) is 5.78 Å². The van der Waals surface area contributed by atoms with Gasteiger partial charge in [-0.05, 0) is 14.7 Å². The molecule has 0 saturated heterocycles. The molecule has 0 radical (unpaired) electrons. The number of hydrogen-bond acceptors (Lipinski definition) is 2. The molecule has 2 N–H and O–H groups in total. The van der Waals surface area contributed by atoms with Crippen LogP contribution in [0.4, 0.5) is 0 Å². The van der Waals surface area contributed by atoms with Crippen LogP contribution in [0.15, 0.2) is 0 Å². The van der Waals surface area contributed by atoms with Crippen LogP contribution < -0.4 is 5.73 Å². The highest BCUT2D eigenvalue weighted by Crippen LogP contribution is 2.16. The third kappa shape index (κ3) is 4.74. The van der Waals surface area contributed by atoms with Crippen molar-refractivity contribution in [3.05, 3.63) is 0 Å². The molecule has 0 aliphatic carbocycles. The van der Waals surface area contributed by atoms with Gasteiger partial charge in [0.05, 0.1) is 0 Å². The van der Waals surface area contributed by atoms with Gasteiger partial charge in [0.1, 0.15) is 0 Å². The Balaban J connectivity index is 2.54. The monoisotopic (exact) mass is 109 g/mol. The predicted molar refractivity (Wildman–Crippen MR) is 31.0 cm³/mol. The minimum absolute atomic E-state index is 0.276. The fourth-order valence-electron chi connectivity index (χ4n) is 0. The quantitative estimate of drug-likeness (QED) is 0.378. The molecule has 0 bridgehead atoms. The first-order valence-electron chi connectivity index (χ1n) is 1.42. The maximum Gasteiger partial charge on any atom is 0.0278 e. The van der Waals surface area contributed by atoms with Gasteiger partial charge in [-0.1, -0.05) is 0 Å². The first-order valence-corrected chi connectivity index (χ1v) is 3.79. The lowest BCUT2D eigenvalue weighted by Crippen LogP contribution is -2.04. The van der Waals surface area contributed by atoms with E-state index >= 15 is 0 Å². The van der Waals surface area contributed by atoms with Crippen molar-refractivity contribution in [2.24, 2.45) is 5.73 Å². The molecule has 0 aromatic carbocycles. The van der Waals surface area contributed by atoms with E-state index in [1.165, 1.54) is 0 Å². The Hall–Kier alpha value is 0.740. The van der Waals surface area contributed by atoms with E-state index in [0.717, 1.165) is 0 Å². The van der Waals surface area contributed by atoms with Crippen molar-refractivity contribution in [1.82, 2.24) is 0 Å². The smallest absolute Gasteiger partial charge is 0.0278 e. The van der Waals surface area contributed by atoms with Crippen LogP contribution in [0.1, 0.15) is 6.92 Å². The molecule has 0 amide bonds. The van der Waals surface area contributed by atoms with Gasteiger partial charge in [-0.25, -0.2) is 0 Å². The van der Waals surface area contributed by atoms with Crippen LogP contribution >= 0.6 is 20.0 Å². The highest BCUT2D eigenvalue weighted by molar-refractivity contribution is 8.38. The molecule has 0 aliphatic rings. The summed E-state index contributed by atoms with van der Waals surface area (Å²) in [6, 6.07) is 0. The molecule has 0 aromatic heterocycles. The van der Waals surface area contributed by atoms with Crippen molar-refractivity contribution >= 4 is 20.0 Å². The van der Waals surface area contributed by atoms with Crippen LogP contribution in [-0.4, -0.2) is 5.78 Å². The summed E-state index contributed by atoms with van der Waals surface area (Å²) < 4.78 is 0. The molecule has 3 heteroatoms. The molecule has 0 spiro atoms. The summed E-state index contributed by atoms with van der Waals surface area (Å²) in [5.41, 5.74) is 5.23. The summed E-state index contributed by atoms with van der Waals surface area (Å²) in [4.78, 5) is 0. The molecule has 0 heterocycles. The van der Waals surface area contributed by atoms with E-state index in [9.17, 15) is 0 Å². The topological polar surface area (TPSA) is 26.0 Å². The summed E-state index contributed by atoms with van der Waals surface area (Å²) >= 11 is 3.92. The summed E-state index contributed by atoms with van der Waals surface area (Å²) in [5.74, 6) is 0.276. The fourth-order valence-corrected chi connectivity index (χ4v) is 0. The number of thiol groups is 1. The summed E-state index contributed by atoms with van der Waals surface area (Å²) in [7, 11) is 0.586. The normalized spacial score (nSPS) is 17.4. The Labute approximate surface area is 39.3 Å². The molecule has 0 aromatic rings. The molecule has 5 heavy (non-hydrogen) atoms. The van der Waals surface area contributed by atoms with Gasteiger partial charge in [-0.2, -0.15) is 12.2 Å². The summed E-state index contributed by atoms with van der Waals surface area (Å²) in [6.07, 6.45) is 0. The number of nitrogens with two attached hydrogens (primary N) is 1. The lowest BCUT2D eigenvalue weighted by Gasteiger charge is -1.91. The van der Waals surface area contributed by atoms with Gasteiger partial charge >= 0.3 is 0 Å². The van der Waals surface area contributed by atoms with Gasteiger partial charge in [-0.15, -0.1) is 0 Å². The van der Waals surface area contributed by atoms with Crippen LogP contribution in [0, 0.1) is 0 Å². The van der Waals surface area contributed by atoms with Crippen molar-refractivity contribution in [3.8, 4) is 0 Å². The van der Waals surface area contributed by atoms with Crippen molar-refractivity contribution in [2.75, 3.05) is 0 Å². The molecule has 0 fully saturated rings. The third-order valence-corrected chi connectivity index (χ3v) is 1.83. The molecular weight excluding hydrogens is 101 g/mol. The van der Waals surface area contributed by atoms with Crippen LogP contribution in [0.3, 0.4) is 0 Å². The van der Waals surface area contributed by atoms with Gasteiger partial charge < -0.3 is 5.73 Å². The van der Waals surface area contributed by atoms with Crippen molar-refractivity contribution in [3.63, 3.8) is 0 Å². The Morgan fingerprint density at radius 2 is 2.20 bits per heavy atom. The lowest BCUT2D eigenvalue weighted by molar-refractivity contribution is 1.05. The third-order valence-electron chi connectivity index (χ3n) is 0.204. The maximum atomic E-state index is 5.23. The van der Waals surface area contributed by atoms with Crippen LogP contribution in [0.25, 0.3) is 0 Å². The standard InChI is InChI=1S/C2H8NPS/c1-2(3)4-5/h2,4-5H,3H2,1H3. The van der Waals surface area contributed by atoms with Gasteiger partial charge in [0.2, 0.25) is 0 Å². The number of hydrogen-bond donors (Lipinski definition) is 2. The number of rotatable bonds is 1. The Bertz CT molecular complexity index is 23.6. The van der Waals surface area contributed by atoms with E-state index in [0.29, 0.717) is 7.78 Å². The zero-order chi connectivity index (χ0) is 4.28. The fraction of sp³-hybridized carbons (Fsp3) is 1.00. The van der Waals surface area contributed by atoms with Crippen LogP contribution in [-0.2, 0) is 0 Å². The van der Waals surface area contributed by atoms with E-state index in [4.69, 9.17) is 5.73 Å². The van der Waals surface area contributed by atoms with Gasteiger partial charge in [0.15, 0.2) is 0 Å². The highest BCUT2D eigenvalue weighted by atomic mass is 32.7. The Kier molecular flexibility index (Phi) is 3.39. The molecule has 0 rings (SSSR count).